The number of aliphatic hydroxyl groups excluding tert-OH is 1. The molecule has 0 radical (unpaired) electrons. The van der Waals surface area contributed by atoms with Crippen LogP contribution in [0.25, 0.3) is 0 Å². The van der Waals surface area contributed by atoms with Crippen LogP contribution in [0.15, 0.2) is 0 Å². The summed E-state index contributed by atoms with van der Waals surface area (Å²) >= 11 is 0. The molecule has 0 spiro atoms. The van der Waals surface area contributed by atoms with Crippen LogP contribution in [0.4, 0.5) is 0 Å². The number of aliphatic hydroxyl groups is 1. The SMILES string of the molecule is CC(C)CNC(=O)CN1CCCCC1C1CCCC1O. The Morgan fingerprint density at radius 1 is 1.25 bits per heavy atom. The number of hydrogen-bond donors (Lipinski definition) is 2. The number of hydrogen-bond acceptors (Lipinski definition) is 3. The highest BCUT2D eigenvalue weighted by Crippen LogP contribution is 2.34. The molecule has 1 saturated carbocycles. The molecule has 2 rings (SSSR count). The van der Waals surface area contributed by atoms with Gasteiger partial charge >= 0.3 is 0 Å². The molecule has 0 bridgehead atoms. The topological polar surface area (TPSA) is 52.6 Å². The second-order valence-corrected chi connectivity index (χ2v) is 6.89. The Kier molecular flexibility index (Phi) is 5.85. The highest BCUT2D eigenvalue weighted by molar-refractivity contribution is 5.78. The third kappa shape index (κ3) is 4.19. The molecular weight excluding hydrogens is 252 g/mol. The Hall–Kier alpha value is -0.610. The summed E-state index contributed by atoms with van der Waals surface area (Å²) in [6.07, 6.45) is 6.59. The number of carbonyl (C=O) groups excluding carboxylic acids is 1. The molecule has 1 heterocycles. The largest absolute Gasteiger partial charge is 0.393 e. The number of likely N-dealkylation sites (tertiary alicyclic amines) is 1. The molecule has 2 fully saturated rings. The number of piperidine rings is 1. The van der Waals surface area contributed by atoms with Gasteiger partial charge in [0.25, 0.3) is 0 Å². The third-order valence-corrected chi connectivity index (χ3v) is 4.74. The number of amides is 1. The van der Waals surface area contributed by atoms with Crippen molar-refractivity contribution >= 4 is 5.91 Å². The maximum Gasteiger partial charge on any atom is 0.234 e. The fraction of sp³-hybridized carbons (Fsp3) is 0.938. The van der Waals surface area contributed by atoms with Gasteiger partial charge in [0.1, 0.15) is 0 Å². The van der Waals surface area contributed by atoms with Crippen molar-refractivity contribution in [2.75, 3.05) is 19.6 Å². The van der Waals surface area contributed by atoms with Gasteiger partial charge < -0.3 is 10.4 Å². The fourth-order valence-electron chi connectivity index (χ4n) is 3.67. The second-order valence-electron chi connectivity index (χ2n) is 6.89. The highest BCUT2D eigenvalue weighted by atomic mass is 16.3. The molecular formula is C16H30N2O2. The maximum atomic E-state index is 12.0. The first kappa shape index (κ1) is 15.8. The first-order chi connectivity index (χ1) is 9.58. The van der Waals surface area contributed by atoms with Crippen LogP contribution in [0, 0.1) is 11.8 Å². The van der Waals surface area contributed by atoms with Crippen molar-refractivity contribution in [2.24, 2.45) is 11.8 Å². The van der Waals surface area contributed by atoms with Crippen LogP contribution in [0.3, 0.4) is 0 Å². The minimum Gasteiger partial charge on any atom is -0.393 e. The minimum atomic E-state index is -0.153. The predicted molar refractivity (Wildman–Crippen MR) is 80.4 cm³/mol. The van der Waals surface area contributed by atoms with Crippen molar-refractivity contribution in [3.63, 3.8) is 0 Å². The number of rotatable bonds is 5. The van der Waals surface area contributed by atoms with E-state index >= 15 is 0 Å². The number of nitrogens with one attached hydrogen (secondary N) is 1. The zero-order valence-electron chi connectivity index (χ0n) is 13.0. The van der Waals surface area contributed by atoms with E-state index in [2.05, 4.69) is 24.1 Å². The average Bonchev–Trinajstić information content (AvgIpc) is 2.83. The molecule has 0 aromatic rings. The van der Waals surface area contributed by atoms with Crippen molar-refractivity contribution < 1.29 is 9.90 Å². The molecule has 0 aromatic carbocycles. The van der Waals surface area contributed by atoms with E-state index < -0.39 is 0 Å². The number of carbonyl (C=O) groups is 1. The van der Waals surface area contributed by atoms with Crippen LogP contribution in [0.5, 0.6) is 0 Å². The van der Waals surface area contributed by atoms with Gasteiger partial charge in [0.05, 0.1) is 12.6 Å². The van der Waals surface area contributed by atoms with Crippen LogP contribution in [0.1, 0.15) is 52.4 Å². The van der Waals surface area contributed by atoms with Gasteiger partial charge in [-0.25, -0.2) is 0 Å². The normalized spacial score (nSPS) is 31.7. The third-order valence-electron chi connectivity index (χ3n) is 4.74. The molecule has 4 heteroatoms. The summed E-state index contributed by atoms with van der Waals surface area (Å²) in [5.41, 5.74) is 0. The van der Waals surface area contributed by atoms with Crippen molar-refractivity contribution in [1.29, 1.82) is 0 Å². The quantitative estimate of drug-likeness (QED) is 0.808. The van der Waals surface area contributed by atoms with Gasteiger partial charge in [-0.1, -0.05) is 26.7 Å². The summed E-state index contributed by atoms with van der Waals surface area (Å²) in [5, 5.41) is 13.2. The van der Waals surface area contributed by atoms with E-state index in [0.29, 0.717) is 24.4 Å². The summed E-state index contributed by atoms with van der Waals surface area (Å²) in [7, 11) is 0. The zero-order chi connectivity index (χ0) is 14.5. The smallest absolute Gasteiger partial charge is 0.234 e. The lowest BCUT2D eigenvalue weighted by molar-refractivity contribution is -0.124. The number of nitrogens with zero attached hydrogens (tertiary/aromatic N) is 1. The van der Waals surface area contributed by atoms with Crippen molar-refractivity contribution in [2.45, 2.75) is 64.5 Å². The molecule has 1 amide bonds. The van der Waals surface area contributed by atoms with Gasteiger partial charge in [0.2, 0.25) is 5.91 Å². The Bertz CT molecular complexity index is 320. The standard InChI is InChI=1S/C16H30N2O2/c1-12(2)10-17-16(20)11-18-9-4-3-7-14(18)13-6-5-8-15(13)19/h12-15,19H,3-11H2,1-2H3,(H,17,20). The lowest BCUT2D eigenvalue weighted by atomic mass is 9.88. The van der Waals surface area contributed by atoms with Crippen LogP contribution in [-0.2, 0) is 4.79 Å². The molecule has 116 valence electrons. The first-order valence-corrected chi connectivity index (χ1v) is 8.26. The van der Waals surface area contributed by atoms with Crippen LogP contribution in [-0.4, -0.2) is 47.7 Å². The minimum absolute atomic E-state index is 0.137. The van der Waals surface area contributed by atoms with E-state index in [-0.39, 0.29) is 12.0 Å². The molecule has 2 N–H and O–H groups in total. The molecule has 2 aliphatic rings. The van der Waals surface area contributed by atoms with Crippen molar-refractivity contribution in [1.82, 2.24) is 10.2 Å². The zero-order valence-corrected chi connectivity index (χ0v) is 13.0. The fourth-order valence-corrected chi connectivity index (χ4v) is 3.67. The van der Waals surface area contributed by atoms with E-state index in [0.717, 1.165) is 38.8 Å². The molecule has 1 saturated heterocycles. The summed E-state index contributed by atoms with van der Waals surface area (Å²) in [6.45, 7) is 6.48. The second kappa shape index (κ2) is 7.41. The van der Waals surface area contributed by atoms with Gasteiger partial charge in [-0.2, -0.15) is 0 Å². The molecule has 0 aromatic heterocycles. The molecule has 3 unspecified atom stereocenters. The molecule has 3 atom stereocenters. The summed E-state index contributed by atoms with van der Waals surface area (Å²) < 4.78 is 0. The van der Waals surface area contributed by atoms with Gasteiger partial charge in [-0.15, -0.1) is 0 Å². The van der Waals surface area contributed by atoms with E-state index in [9.17, 15) is 9.90 Å². The van der Waals surface area contributed by atoms with E-state index in [1.807, 2.05) is 0 Å². The van der Waals surface area contributed by atoms with E-state index in [4.69, 9.17) is 0 Å². The van der Waals surface area contributed by atoms with Crippen molar-refractivity contribution in [3.05, 3.63) is 0 Å². The van der Waals surface area contributed by atoms with Gasteiger partial charge in [0.15, 0.2) is 0 Å². The van der Waals surface area contributed by atoms with Crippen molar-refractivity contribution in [3.8, 4) is 0 Å². The van der Waals surface area contributed by atoms with Crippen LogP contribution < -0.4 is 5.32 Å². The highest BCUT2D eigenvalue weighted by Gasteiger charge is 2.37. The summed E-state index contributed by atoms with van der Waals surface area (Å²) in [6, 6.07) is 0.408. The van der Waals surface area contributed by atoms with Crippen LogP contribution >= 0.6 is 0 Å². The molecule has 1 aliphatic heterocycles. The Morgan fingerprint density at radius 2 is 2.05 bits per heavy atom. The maximum absolute atomic E-state index is 12.0. The first-order valence-electron chi connectivity index (χ1n) is 8.26. The molecule has 4 nitrogen and oxygen atoms in total. The summed E-state index contributed by atoms with van der Waals surface area (Å²) in [5.74, 6) is 1.01. The van der Waals surface area contributed by atoms with Gasteiger partial charge in [0, 0.05) is 18.5 Å². The lowest BCUT2D eigenvalue weighted by Crippen LogP contribution is -2.50. The molecule has 20 heavy (non-hydrogen) atoms. The monoisotopic (exact) mass is 282 g/mol. The van der Waals surface area contributed by atoms with Gasteiger partial charge in [-0.05, 0) is 38.1 Å². The average molecular weight is 282 g/mol. The Labute approximate surface area is 122 Å². The van der Waals surface area contributed by atoms with Crippen LogP contribution in [0.2, 0.25) is 0 Å². The van der Waals surface area contributed by atoms with E-state index in [1.165, 1.54) is 12.8 Å². The lowest BCUT2D eigenvalue weighted by Gasteiger charge is -2.40. The Balaban J connectivity index is 1.88. The summed E-state index contributed by atoms with van der Waals surface area (Å²) in [4.78, 5) is 14.4. The van der Waals surface area contributed by atoms with E-state index in [1.54, 1.807) is 0 Å². The predicted octanol–water partition coefficient (Wildman–Crippen LogP) is 1.77. The molecule has 1 aliphatic carbocycles. The Morgan fingerprint density at radius 3 is 2.70 bits per heavy atom. The van der Waals surface area contributed by atoms with Gasteiger partial charge in [-0.3, -0.25) is 9.69 Å².